The summed E-state index contributed by atoms with van der Waals surface area (Å²) in [5.41, 5.74) is 0.0300. The summed E-state index contributed by atoms with van der Waals surface area (Å²) in [6.45, 7) is 2.85. The minimum Gasteiger partial charge on any atom is -0.323 e. The van der Waals surface area contributed by atoms with Crippen molar-refractivity contribution in [1.29, 1.82) is 0 Å². The van der Waals surface area contributed by atoms with Gasteiger partial charge in [0.2, 0.25) is 5.28 Å². The number of hydrogen-bond donors (Lipinski definition) is 1. The summed E-state index contributed by atoms with van der Waals surface area (Å²) in [4.78, 5) is 33.7. The Morgan fingerprint density at radius 2 is 1.94 bits per heavy atom. The fraction of sp³-hybridized carbons (Fsp3) is 0.368. The predicted octanol–water partition coefficient (Wildman–Crippen LogP) is 1.76. The number of aromatic amines is 1. The molecular formula is C19H20ClFN8O2. The number of tetrazole rings is 1. The van der Waals surface area contributed by atoms with Crippen LogP contribution in [-0.4, -0.2) is 39.3 Å². The molecule has 0 atom stereocenters. The standard InChI is InChI=1S/C19H20ClFN8O2/c1-2-8-27-16-15(22-18(20)23-16)17(30)28(19(27)31)9-5-10-29-25-14(24-26-29)11-12-6-3-4-7-13(12)21/h3-4,6-7H,2,5,8-11H2,1H3,(H,22,23). The highest BCUT2D eigenvalue weighted by atomic mass is 35.5. The largest absolute Gasteiger partial charge is 0.332 e. The number of halogens is 2. The van der Waals surface area contributed by atoms with E-state index in [1.807, 2.05) is 6.92 Å². The zero-order chi connectivity index (χ0) is 22.0. The molecule has 31 heavy (non-hydrogen) atoms. The summed E-state index contributed by atoms with van der Waals surface area (Å²) in [5.74, 6) is 0.0666. The third kappa shape index (κ3) is 4.26. The Kier molecular flexibility index (Phi) is 5.94. The number of benzene rings is 1. The molecule has 3 aromatic heterocycles. The molecule has 0 saturated heterocycles. The number of imidazole rings is 1. The van der Waals surface area contributed by atoms with Crippen molar-refractivity contribution in [1.82, 2.24) is 39.3 Å². The molecule has 0 amide bonds. The molecule has 1 N–H and O–H groups in total. The monoisotopic (exact) mass is 446 g/mol. The molecule has 0 spiro atoms. The molecule has 0 unspecified atom stereocenters. The molecular weight excluding hydrogens is 427 g/mol. The van der Waals surface area contributed by atoms with Crippen LogP contribution in [0.3, 0.4) is 0 Å². The molecule has 10 nitrogen and oxygen atoms in total. The van der Waals surface area contributed by atoms with Crippen molar-refractivity contribution in [3.63, 3.8) is 0 Å². The van der Waals surface area contributed by atoms with Crippen molar-refractivity contribution in [3.05, 3.63) is 67.6 Å². The van der Waals surface area contributed by atoms with Crippen molar-refractivity contribution < 1.29 is 4.39 Å². The summed E-state index contributed by atoms with van der Waals surface area (Å²) in [6.07, 6.45) is 1.35. The van der Waals surface area contributed by atoms with Gasteiger partial charge < -0.3 is 4.98 Å². The molecule has 12 heteroatoms. The van der Waals surface area contributed by atoms with Crippen molar-refractivity contribution in [2.24, 2.45) is 0 Å². The van der Waals surface area contributed by atoms with Crippen LogP contribution in [0.25, 0.3) is 11.2 Å². The number of nitrogens with one attached hydrogen (secondary N) is 1. The normalized spacial score (nSPS) is 11.5. The van der Waals surface area contributed by atoms with E-state index < -0.39 is 11.2 Å². The lowest BCUT2D eigenvalue weighted by atomic mass is 10.1. The second-order valence-electron chi connectivity index (χ2n) is 7.04. The quantitative estimate of drug-likeness (QED) is 0.412. The minimum absolute atomic E-state index is 0.0586. The number of nitrogens with zero attached hydrogens (tertiary/aromatic N) is 7. The van der Waals surface area contributed by atoms with Gasteiger partial charge in [0.1, 0.15) is 5.82 Å². The maximum absolute atomic E-state index is 13.8. The zero-order valence-corrected chi connectivity index (χ0v) is 17.5. The van der Waals surface area contributed by atoms with E-state index in [1.165, 1.54) is 15.4 Å². The van der Waals surface area contributed by atoms with Crippen molar-refractivity contribution in [2.45, 2.75) is 45.8 Å². The molecule has 162 valence electrons. The first-order chi connectivity index (χ1) is 15.0. The Morgan fingerprint density at radius 1 is 1.13 bits per heavy atom. The Balaban J connectivity index is 1.49. The van der Waals surface area contributed by atoms with E-state index in [0.29, 0.717) is 37.3 Å². The van der Waals surface area contributed by atoms with Crippen LogP contribution in [0, 0.1) is 5.82 Å². The van der Waals surface area contributed by atoms with Crippen LogP contribution in [0.2, 0.25) is 5.28 Å². The van der Waals surface area contributed by atoms with Crippen LogP contribution in [0.4, 0.5) is 4.39 Å². The number of aryl methyl sites for hydroxylation is 2. The van der Waals surface area contributed by atoms with E-state index in [2.05, 4.69) is 25.4 Å². The van der Waals surface area contributed by atoms with Crippen molar-refractivity contribution in [2.75, 3.05) is 0 Å². The highest BCUT2D eigenvalue weighted by Gasteiger charge is 2.16. The number of aromatic nitrogens is 8. The third-order valence-electron chi connectivity index (χ3n) is 4.82. The second kappa shape index (κ2) is 8.80. The smallest absolute Gasteiger partial charge is 0.323 e. The van der Waals surface area contributed by atoms with Crippen LogP contribution in [0.5, 0.6) is 0 Å². The average molecular weight is 447 g/mol. The van der Waals surface area contributed by atoms with E-state index >= 15 is 0 Å². The molecule has 3 heterocycles. The lowest BCUT2D eigenvalue weighted by Gasteiger charge is -2.10. The van der Waals surface area contributed by atoms with E-state index in [1.54, 1.807) is 18.2 Å². The lowest BCUT2D eigenvalue weighted by molar-refractivity contribution is 0.452. The van der Waals surface area contributed by atoms with Gasteiger partial charge in [0.15, 0.2) is 17.0 Å². The third-order valence-corrected chi connectivity index (χ3v) is 5.00. The van der Waals surface area contributed by atoms with Gasteiger partial charge in [-0.3, -0.25) is 13.9 Å². The van der Waals surface area contributed by atoms with Gasteiger partial charge in [-0.15, -0.1) is 10.2 Å². The predicted molar refractivity (Wildman–Crippen MR) is 112 cm³/mol. The van der Waals surface area contributed by atoms with Crippen LogP contribution in [-0.2, 0) is 26.1 Å². The van der Waals surface area contributed by atoms with Gasteiger partial charge in [-0.05, 0) is 41.3 Å². The Hall–Kier alpha value is -3.34. The summed E-state index contributed by atoms with van der Waals surface area (Å²) in [5, 5.41) is 12.2. The maximum atomic E-state index is 13.8. The highest BCUT2D eigenvalue weighted by Crippen LogP contribution is 2.11. The summed E-state index contributed by atoms with van der Waals surface area (Å²) < 4.78 is 16.4. The Morgan fingerprint density at radius 3 is 2.71 bits per heavy atom. The number of hydrogen-bond acceptors (Lipinski definition) is 6. The van der Waals surface area contributed by atoms with Gasteiger partial charge in [0, 0.05) is 19.5 Å². The van der Waals surface area contributed by atoms with Gasteiger partial charge in [-0.2, -0.15) is 9.78 Å². The molecule has 0 aliphatic carbocycles. The van der Waals surface area contributed by atoms with Crippen molar-refractivity contribution in [3.8, 4) is 0 Å². The maximum Gasteiger partial charge on any atom is 0.332 e. The van der Waals surface area contributed by atoms with Crippen LogP contribution < -0.4 is 11.2 Å². The fourth-order valence-electron chi connectivity index (χ4n) is 3.39. The first-order valence-electron chi connectivity index (χ1n) is 9.87. The van der Waals surface area contributed by atoms with Gasteiger partial charge in [0.05, 0.1) is 6.54 Å². The molecule has 4 aromatic rings. The molecule has 1 aromatic carbocycles. The second-order valence-corrected chi connectivity index (χ2v) is 7.40. The van der Waals surface area contributed by atoms with Gasteiger partial charge >= 0.3 is 5.69 Å². The van der Waals surface area contributed by atoms with Gasteiger partial charge in [-0.25, -0.2) is 9.18 Å². The van der Waals surface area contributed by atoms with Crippen molar-refractivity contribution >= 4 is 22.8 Å². The molecule has 0 saturated carbocycles. The van der Waals surface area contributed by atoms with E-state index in [-0.39, 0.29) is 35.2 Å². The molecule has 0 aliphatic heterocycles. The van der Waals surface area contributed by atoms with Crippen LogP contribution >= 0.6 is 11.6 Å². The average Bonchev–Trinajstić information content (AvgIpc) is 3.36. The minimum atomic E-state index is -0.474. The van der Waals surface area contributed by atoms with E-state index in [0.717, 1.165) is 4.57 Å². The van der Waals surface area contributed by atoms with Crippen LogP contribution in [0.15, 0.2) is 33.9 Å². The van der Waals surface area contributed by atoms with Crippen LogP contribution in [0.1, 0.15) is 31.2 Å². The summed E-state index contributed by atoms with van der Waals surface area (Å²) in [6, 6.07) is 6.41. The molecule has 0 fully saturated rings. The molecule has 0 aliphatic rings. The fourth-order valence-corrected chi connectivity index (χ4v) is 3.56. The number of fused-ring (bicyclic) bond motifs is 1. The van der Waals surface area contributed by atoms with Gasteiger partial charge in [0.25, 0.3) is 5.56 Å². The number of rotatable bonds is 8. The first-order valence-corrected chi connectivity index (χ1v) is 10.2. The first kappa shape index (κ1) is 20.9. The molecule has 4 rings (SSSR count). The summed E-state index contributed by atoms with van der Waals surface area (Å²) >= 11 is 5.91. The van der Waals surface area contributed by atoms with E-state index in [9.17, 15) is 14.0 Å². The topological polar surface area (TPSA) is 116 Å². The highest BCUT2D eigenvalue weighted by molar-refractivity contribution is 6.28. The van der Waals surface area contributed by atoms with Gasteiger partial charge in [-0.1, -0.05) is 25.1 Å². The lowest BCUT2D eigenvalue weighted by Crippen LogP contribution is -2.40. The molecule has 0 radical (unpaired) electrons. The Labute approximate surface area is 180 Å². The number of H-pyrrole nitrogens is 1. The van der Waals surface area contributed by atoms with E-state index in [4.69, 9.17) is 11.6 Å². The SMILES string of the molecule is CCCn1c(=O)n(CCCn2nnc(Cc3ccccc3F)n2)c(=O)c2[nH]c(Cl)nc21. The molecule has 0 bridgehead atoms. The zero-order valence-electron chi connectivity index (χ0n) is 16.8. The Bertz CT molecular complexity index is 1340. The summed E-state index contributed by atoms with van der Waals surface area (Å²) in [7, 11) is 0.